The summed E-state index contributed by atoms with van der Waals surface area (Å²) in [6, 6.07) is 0. The summed E-state index contributed by atoms with van der Waals surface area (Å²) in [6.07, 6.45) is 3.29. The number of rotatable bonds is 5. The van der Waals surface area contributed by atoms with Gasteiger partial charge >= 0.3 is 0 Å². The Balaban J connectivity index is 1.71. The van der Waals surface area contributed by atoms with Gasteiger partial charge in [0.25, 0.3) is 5.91 Å². The second kappa shape index (κ2) is 7.14. The maximum atomic E-state index is 12.9. The van der Waals surface area contributed by atoms with Gasteiger partial charge < -0.3 is 14.5 Å². The molecule has 132 valence electrons. The Hall–Kier alpha value is -1.54. The predicted octanol–water partition coefficient (Wildman–Crippen LogP) is 1.20. The van der Waals surface area contributed by atoms with Crippen LogP contribution in [-0.2, 0) is 16.0 Å². The van der Waals surface area contributed by atoms with Crippen molar-refractivity contribution in [1.29, 1.82) is 0 Å². The van der Waals surface area contributed by atoms with Crippen LogP contribution in [0.2, 0.25) is 0 Å². The summed E-state index contributed by atoms with van der Waals surface area (Å²) >= 11 is 1.15. The Labute approximate surface area is 146 Å². The molecule has 0 aliphatic carbocycles. The van der Waals surface area contributed by atoms with E-state index in [0.717, 1.165) is 43.0 Å². The minimum atomic E-state index is -0.411. The smallest absolute Gasteiger partial charge is 0.267 e. The van der Waals surface area contributed by atoms with Crippen molar-refractivity contribution < 1.29 is 14.3 Å². The van der Waals surface area contributed by atoms with Crippen molar-refractivity contribution in [1.82, 2.24) is 19.4 Å². The van der Waals surface area contributed by atoms with Crippen molar-refractivity contribution >= 4 is 23.3 Å². The zero-order valence-electron chi connectivity index (χ0n) is 14.3. The molecule has 1 spiro atoms. The van der Waals surface area contributed by atoms with Gasteiger partial charge in [-0.25, -0.2) is 0 Å². The Kier molecular flexibility index (Phi) is 5.15. The Morgan fingerprint density at radius 3 is 2.96 bits per heavy atom. The fourth-order valence-corrected chi connectivity index (χ4v) is 4.46. The predicted molar refractivity (Wildman–Crippen MR) is 89.9 cm³/mol. The van der Waals surface area contributed by atoms with Gasteiger partial charge in [0.2, 0.25) is 5.91 Å². The van der Waals surface area contributed by atoms with Gasteiger partial charge in [0.1, 0.15) is 4.88 Å². The van der Waals surface area contributed by atoms with Crippen LogP contribution >= 0.6 is 11.5 Å². The maximum absolute atomic E-state index is 12.9. The van der Waals surface area contributed by atoms with Crippen LogP contribution in [0.4, 0.5) is 0 Å². The first-order valence-corrected chi connectivity index (χ1v) is 9.27. The molecule has 0 saturated carbocycles. The van der Waals surface area contributed by atoms with Gasteiger partial charge in [-0.2, -0.15) is 0 Å². The highest BCUT2D eigenvalue weighted by Gasteiger charge is 2.49. The highest BCUT2D eigenvalue weighted by atomic mass is 32.1. The first-order chi connectivity index (χ1) is 11.6. The highest BCUT2D eigenvalue weighted by molar-refractivity contribution is 7.08. The van der Waals surface area contributed by atoms with E-state index in [9.17, 15) is 9.59 Å². The lowest BCUT2D eigenvalue weighted by Gasteiger charge is -2.39. The molecule has 7 nitrogen and oxygen atoms in total. The quantitative estimate of drug-likeness (QED) is 0.796. The zero-order valence-corrected chi connectivity index (χ0v) is 15.1. The van der Waals surface area contributed by atoms with Crippen molar-refractivity contribution in [2.45, 2.75) is 32.6 Å². The fourth-order valence-electron chi connectivity index (χ4n) is 3.74. The van der Waals surface area contributed by atoms with Crippen LogP contribution in [0.3, 0.4) is 0 Å². The monoisotopic (exact) mass is 352 g/mol. The normalized spacial score (nSPS) is 24.2. The molecule has 2 saturated heterocycles. The summed E-state index contributed by atoms with van der Waals surface area (Å²) in [5.74, 6) is 0.153. The zero-order chi connectivity index (χ0) is 17.2. The van der Waals surface area contributed by atoms with Crippen LogP contribution in [0.1, 0.15) is 41.6 Å². The third-order valence-corrected chi connectivity index (χ3v) is 5.87. The van der Waals surface area contributed by atoms with Gasteiger partial charge in [-0.1, -0.05) is 11.4 Å². The molecule has 0 N–H and O–H groups in total. The molecule has 0 unspecified atom stereocenters. The fraction of sp³-hybridized carbons (Fsp3) is 0.750. The number of carbonyl (C=O) groups is 2. The number of aryl methyl sites for hydroxylation is 1. The van der Waals surface area contributed by atoms with Crippen molar-refractivity contribution in [3.8, 4) is 0 Å². The molecule has 3 heterocycles. The average Bonchev–Trinajstić information content (AvgIpc) is 3.23. The van der Waals surface area contributed by atoms with E-state index in [0.29, 0.717) is 37.5 Å². The van der Waals surface area contributed by atoms with Crippen LogP contribution in [-0.4, -0.2) is 71.1 Å². The number of amides is 2. The van der Waals surface area contributed by atoms with Gasteiger partial charge in [-0.3, -0.25) is 9.59 Å². The highest BCUT2D eigenvalue weighted by Crippen LogP contribution is 2.40. The molecule has 2 amide bonds. The molecule has 2 aliphatic rings. The Morgan fingerprint density at radius 2 is 2.21 bits per heavy atom. The Bertz CT molecular complexity index is 620. The summed E-state index contributed by atoms with van der Waals surface area (Å²) < 4.78 is 9.01. The van der Waals surface area contributed by atoms with E-state index in [4.69, 9.17) is 4.74 Å². The van der Waals surface area contributed by atoms with Crippen molar-refractivity contribution in [3.63, 3.8) is 0 Å². The maximum Gasteiger partial charge on any atom is 0.267 e. The van der Waals surface area contributed by atoms with Crippen LogP contribution in [0, 0.1) is 5.41 Å². The second-order valence-electron chi connectivity index (χ2n) is 6.55. The summed E-state index contributed by atoms with van der Waals surface area (Å²) in [5, 5.41) is 4.02. The molecule has 2 aliphatic heterocycles. The third kappa shape index (κ3) is 3.04. The first-order valence-electron chi connectivity index (χ1n) is 8.50. The van der Waals surface area contributed by atoms with E-state index < -0.39 is 5.41 Å². The minimum absolute atomic E-state index is 0.0273. The van der Waals surface area contributed by atoms with Gasteiger partial charge in [0.15, 0.2) is 0 Å². The largest absolute Gasteiger partial charge is 0.383 e. The third-order valence-electron chi connectivity index (χ3n) is 5.12. The molecule has 24 heavy (non-hydrogen) atoms. The van der Waals surface area contributed by atoms with Crippen LogP contribution < -0.4 is 0 Å². The standard InChI is InChI=1S/C16H24N4O3S/c1-3-12-13(24-18-17-12)14(21)20-8-6-16(11-20)5-4-7-19(15(16)22)9-10-23-2/h3-11H2,1-2H3/t16-/m0/s1. The lowest BCUT2D eigenvalue weighted by Crippen LogP contribution is -2.51. The summed E-state index contributed by atoms with van der Waals surface area (Å²) in [7, 11) is 1.65. The SMILES string of the molecule is CCc1nnsc1C(=O)N1CC[C@@]2(CCCN(CCOC)C2=O)C1. The van der Waals surface area contributed by atoms with Crippen LogP contribution in [0.5, 0.6) is 0 Å². The number of ether oxygens (including phenoxy) is 1. The number of likely N-dealkylation sites (tertiary alicyclic amines) is 2. The molecule has 1 aromatic rings. The lowest BCUT2D eigenvalue weighted by atomic mass is 9.78. The van der Waals surface area contributed by atoms with Gasteiger partial charge in [0, 0.05) is 33.3 Å². The van der Waals surface area contributed by atoms with Gasteiger partial charge in [-0.15, -0.1) is 5.10 Å². The van der Waals surface area contributed by atoms with Crippen LogP contribution in [0.15, 0.2) is 0 Å². The molecule has 8 heteroatoms. The van der Waals surface area contributed by atoms with E-state index in [1.807, 2.05) is 16.7 Å². The molecule has 1 atom stereocenters. The number of carbonyl (C=O) groups excluding carboxylic acids is 2. The van der Waals surface area contributed by atoms with Gasteiger partial charge in [-0.05, 0) is 37.2 Å². The number of piperidine rings is 1. The second-order valence-corrected chi connectivity index (χ2v) is 7.30. The molecular formula is C16H24N4O3S. The topological polar surface area (TPSA) is 75.6 Å². The molecule has 0 bridgehead atoms. The van der Waals surface area contributed by atoms with E-state index in [1.54, 1.807) is 7.11 Å². The summed E-state index contributed by atoms with van der Waals surface area (Å²) in [6.45, 7) is 5.08. The molecule has 1 aromatic heterocycles. The van der Waals surface area contributed by atoms with E-state index in [2.05, 4.69) is 9.59 Å². The molecule has 0 aromatic carbocycles. The summed E-state index contributed by atoms with van der Waals surface area (Å²) in [4.78, 5) is 30.1. The molecular weight excluding hydrogens is 328 g/mol. The van der Waals surface area contributed by atoms with Gasteiger partial charge in [0.05, 0.1) is 17.7 Å². The van der Waals surface area contributed by atoms with Crippen molar-refractivity contribution in [2.75, 3.05) is 39.9 Å². The number of hydrogen-bond acceptors (Lipinski definition) is 6. The lowest BCUT2D eigenvalue weighted by molar-refractivity contribution is -0.146. The number of hydrogen-bond donors (Lipinski definition) is 0. The average molecular weight is 352 g/mol. The van der Waals surface area contributed by atoms with Crippen molar-refractivity contribution in [3.05, 3.63) is 10.6 Å². The Morgan fingerprint density at radius 1 is 1.38 bits per heavy atom. The van der Waals surface area contributed by atoms with Crippen molar-refractivity contribution in [2.24, 2.45) is 5.41 Å². The minimum Gasteiger partial charge on any atom is -0.383 e. The molecule has 3 rings (SSSR count). The van der Waals surface area contributed by atoms with Crippen LogP contribution in [0.25, 0.3) is 0 Å². The van der Waals surface area contributed by atoms with E-state index in [1.165, 1.54) is 0 Å². The number of aromatic nitrogens is 2. The van der Waals surface area contributed by atoms with E-state index >= 15 is 0 Å². The first kappa shape index (κ1) is 17.3. The number of nitrogens with zero attached hydrogens (tertiary/aromatic N) is 4. The number of methoxy groups -OCH3 is 1. The van der Waals surface area contributed by atoms with E-state index in [-0.39, 0.29) is 11.8 Å². The summed E-state index contributed by atoms with van der Waals surface area (Å²) in [5.41, 5.74) is 0.342. The molecule has 2 fully saturated rings. The molecule has 0 radical (unpaired) electrons.